The van der Waals surface area contributed by atoms with E-state index in [9.17, 15) is 0 Å². The first-order valence-corrected chi connectivity index (χ1v) is 6.50. The van der Waals surface area contributed by atoms with Crippen molar-refractivity contribution >= 4 is 11.6 Å². The summed E-state index contributed by atoms with van der Waals surface area (Å²) in [6.07, 6.45) is 1.05. The van der Waals surface area contributed by atoms with Crippen molar-refractivity contribution in [2.24, 2.45) is 7.05 Å². The van der Waals surface area contributed by atoms with Crippen LogP contribution in [0.3, 0.4) is 0 Å². The van der Waals surface area contributed by atoms with Gasteiger partial charge >= 0.3 is 0 Å². The largest absolute Gasteiger partial charge is 0.329 e. The molecule has 18 heavy (non-hydrogen) atoms. The molecular formula is C14H18ClN3. The van der Waals surface area contributed by atoms with Crippen LogP contribution < -0.4 is 5.32 Å². The third kappa shape index (κ3) is 2.42. The van der Waals surface area contributed by atoms with Gasteiger partial charge in [-0.05, 0) is 19.0 Å². The molecule has 0 amide bonds. The van der Waals surface area contributed by atoms with Gasteiger partial charge in [0.25, 0.3) is 0 Å². The van der Waals surface area contributed by atoms with Crippen LogP contribution in [0.15, 0.2) is 24.3 Å². The van der Waals surface area contributed by atoms with Gasteiger partial charge < -0.3 is 9.88 Å². The molecule has 0 unspecified atom stereocenters. The number of rotatable bonds is 4. The van der Waals surface area contributed by atoms with E-state index in [2.05, 4.69) is 41.5 Å². The molecule has 0 saturated heterocycles. The Balaban J connectivity index is 2.40. The highest BCUT2D eigenvalue weighted by Gasteiger charge is 2.13. The zero-order chi connectivity index (χ0) is 13.1. The molecule has 3 nitrogen and oxygen atoms in total. The number of hydrogen-bond donors (Lipinski definition) is 1. The number of aromatic nitrogens is 2. The maximum Gasteiger partial charge on any atom is 0.152 e. The molecule has 1 aromatic heterocycles. The van der Waals surface area contributed by atoms with Gasteiger partial charge in [-0.25, -0.2) is 4.98 Å². The Kier molecular flexibility index (Phi) is 4.04. The molecule has 0 atom stereocenters. The number of aryl methyl sites for hydroxylation is 1. The smallest absolute Gasteiger partial charge is 0.152 e. The summed E-state index contributed by atoms with van der Waals surface area (Å²) < 4.78 is 2.04. The third-order valence-corrected chi connectivity index (χ3v) is 3.43. The average molecular weight is 264 g/mol. The lowest BCUT2D eigenvalue weighted by molar-refractivity contribution is 0.738. The minimum Gasteiger partial charge on any atom is -0.329 e. The van der Waals surface area contributed by atoms with Crippen LogP contribution in [0.1, 0.15) is 18.2 Å². The van der Waals surface area contributed by atoms with Crippen LogP contribution in [-0.2, 0) is 20.0 Å². The molecule has 4 heteroatoms. The van der Waals surface area contributed by atoms with Crippen molar-refractivity contribution in [2.75, 3.05) is 7.05 Å². The first kappa shape index (κ1) is 13.1. The summed E-state index contributed by atoms with van der Waals surface area (Å²) in [5.74, 6) is 0.910. The molecular weight excluding hydrogens is 246 g/mol. The molecule has 0 spiro atoms. The standard InChI is InChI=1S/C14H18ClN3/c1-4-10-5-7-11(8-6-10)14-17-13(15)12(9-16-2)18(14)3/h5-8,16H,4,9H2,1-3H3. The van der Waals surface area contributed by atoms with Gasteiger partial charge in [-0.15, -0.1) is 0 Å². The summed E-state index contributed by atoms with van der Waals surface area (Å²) in [6.45, 7) is 2.87. The van der Waals surface area contributed by atoms with Gasteiger partial charge in [0.15, 0.2) is 5.15 Å². The van der Waals surface area contributed by atoms with Crippen molar-refractivity contribution in [3.63, 3.8) is 0 Å². The Hall–Kier alpha value is -1.32. The first-order chi connectivity index (χ1) is 8.67. The zero-order valence-electron chi connectivity index (χ0n) is 11.0. The molecule has 0 radical (unpaired) electrons. The molecule has 0 bridgehead atoms. The molecule has 0 aliphatic rings. The molecule has 1 aromatic carbocycles. The van der Waals surface area contributed by atoms with E-state index in [1.54, 1.807) is 0 Å². The monoisotopic (exact) mass is 263 g/mol. The molecule has 2 rings (SSSR count). The molecule has 1 N–H and O–H groups in total. The lowest BCUT2D eigenvalue weighted by atomic mass is 10.1. The van der Waals surface area contributed by atoms with Gasteiger partial charge in [-0.3, -0.25) is 0 Å². The summed E-state index contributed by atoms with van der Waals surface area (Å²) in [4.78, 5) is 4.44. The predicted octanol–water partition coefficient (Wildman–Crippen LogP) is 3.02. The van der Waals surface area contributed by atoms with E-state index in [4.69, 9.17) is 11.6 Å². The third-order valence-electron chi connectivity index (χ3n) is 3.13. The Morgan fingerprint density at radius 3 is 2.50 bits per heavy atom. The van der Waals surface area contributed by atoms with Crippen LogP contribution in [0.5, 0.6) is 0 Å². The number of nitrogens with zero attached hydrogens (tertiary/aromatic N) is 2. The second-order valence-electron chi connectivity index (χ2n) is 4.31. The summed E-state index contributed by atoms with van der Waals surface area (Å²) in [5, 5.41) is 3.67. The quantitative estimate of drug-likeness (QED) is 0.919. The van der Waals surface area contributed by atoms with E-state index in [1.807, 2.05) is 18.7 Å². The van der Waals surface area contributed by atoms with Crippen molar-refractivity contribution in [1.82, 2.24) is 14.9 Å². The highest BCUT2D eigenvalue weighted by Crippen LogP contribution is 2.24. The fraction of sp³-hybridized carbons (Fsp3) is 0.357. The molecule has 2 aromatic rings. The van der Waals surface area contributed by atoms with Gasteiger partial charge in [-0.2, -0.15) is 0 Å². The van der Waals surface area contributed by atoms with Crippen LogP contribution in [0, 0.1) is 0 Å². The number of halogens is 1. The lowest BCUT2D eigenvalue weighted by Crippen LogP contribution is -2.10. The van der Waals surface area contributed by atoms with Crippen LogP contribution in [0.25, 0.3) is 11.4 Å². The Labute approximate surface area is 113 Å². The van der Waals surface area contributed by atoms with Gasteiger partial charge in [-0.1, -0.05) is 42.8 Å². The second kappa shape index (κ2) is 5.55. The minimum atomic E-state index is 0.571. The molecule has 0 aliphatic carbocycles. The highest BCUT2D eigenvalue weighted by molar-refractivity contribution is 6.30. The van der Waals surface area contributed by atoms with Crippen LogP contribution >= 0.6 is 11.6 Å². The molecule has 0 fully saturated rings. The summed E-state index contributed by atoms with van der Waals surface area (Å²) in [5.41, 5.74) is 3.43. The second-order valence-corrected chi connectivity index (χ2v) is 4.67. The van der Waals surface area contributed by atoms with Crippen LogP contribution in [0.4, 0.5) is 0 Å². The van der Waals surface area contributed by atoms with Crippen molar-refractivity contribution < 1.29 is 0 Å². The summed E-state index contributed by atoms with van der Waals surface area (Å²) >= 11 is 6.17. The molecule has 0 saturated carbocycles. The highest BCUT2D eigenvalue weighted by atomic mass is 35.5. The molecule has 96 valence electrons. The Morgan fingerprint density at radius 2 is 1.94 bits per heavy atom. The zero-order valence-corrected chi connectivity index (χ0v) is 11.8. The lowest BCUT2D eigenvalue weighted by Gasteiger charge is -2.06. The van der Waals surface area contributed by atoms with Crippen molar-refractivity contribution in [1.29, 1.82) is 0 Å². The van der Waals surface area contributed by atoms with Gasteiger partial charge in [0.1, 0.15) is 5.82 Å². The van der Waals surface area contributed by atoms with E-state index in [1.165, 1.54) is 5.56 Å². The summed E-state index contributed by atoms with van der Waals surface area (Å²) in [6, 6.07) is 8.46. The van der Waals surface area contributed by atoms with Crippen molar-refractivity contribution in [3.8, 4) is 11.4 Å². The summed E-state index contributed by atoms with van der Waals surface area (Å²) in [7, 11) is 3.90. The normalized spacial score (nSPS) is 10.9. The topological polar surface area (TPSA) is 29.9 Å². The van der Waals surface area contributed by atoms with Crippen molar-refractivity contribution in [2.45, 2.75) is 19.9 Å². The fourth-order valence-electron chi connectivity index (χ4n) is 2.01. The Bertz CT molecular complexity index is 529. The SMILES string of the molecule is CCc1ccc(-c2nc(Cl)c(CNC)n2C)cc1. The number of nitrogens with one attached hydrogen (secondary N) is 1. The maximum atomic E-state index is 6.17. The first-order valence-electron chi connectivity index (χ1n) is 6.12. The molecule has 1 heterocycles. The van der Waals surface area contributed by atoms with Gasteiger partial charge in [0.05, 0.1) is 5.69 Å². The van der Waals surface area contributed by atoms with Gasteiger partial charge in [0.2, 0.25) is 0 Å². The predicted molar refractivity (Wildman–Crippen MR) is 75.8 cm³/mol. The van der Waals surface area contributed by atoms with Crippen molar-refractivity contribution in [3.05, 3.63) is 40.7 Å². The maximum absolute atomic E-state index is 6.17. The number of hydrogen-bond acceptors (Lipinski definition) is 2. The van der Waals surface area contributed by atoms with E-state index >= 15 is 0 Å². The number of imidazole rings is 1. The van der Waals surface area contributed by atoms with Gasteiger partial charge in [0, 0.05) is 19.2 Å². The van der Waals surface area contributed by atoms with E-state index < -0.39 is 0 Å². The number of benzene rings is 1. The fourth-order valence-corrected chi connectivity index (χ4v) is 2.28. The van der Waals surface area contributed by atoms with E-state index in [0.717, 1.165) is 30.0 Å². The van der Waals surface area contributed by atoms with Crippen LogP contribution in [0.2, 0.25) is 5.15 Å². The molecule has 0 aliphatic heterocycles. The minimum absolute atomic E-state index is 0.571. The average Bonchev–Trinajstić information content (AvgIpc) is 2.67. The van der Waals surface area contributed by atoms with E-state index in [-0.39, 0.29) is 0 Å². The Morgan fingerprint density at radius 1 is 1.28 bits per heavy atom. The van der Waals surface area contributed by atoms with E-state index in [0.29, 0.717) is 5.15 Å². The van der Waals surface area contributed by atoms with Crippen LogP contribution in [-0.4, -0.2) is 16.6 Å².